The van der Waals surface area contributed by atoms with Gasteiger partial charge in [-0.15, -0.1) is 0 Å². The molecule has 0 saturated carbocycles. The average Bonchev–Trinajstić information content (AvgIpc) is 4.04. The lowest BCUT2D eigenvalue weighted by molar-refractivity contribution is 0.411. The first-order chi connectivity index (χ1) is 33.1. The summed E-state index contributed by atoms with van der Waals surface area (Å²) in [5.74, 6) is 1.62. The molecule has 4 heterocycles. The number of hydrogen-bond acceptors (Lipinski definition) is 6. The van der Waals surface area contributed by atoms with Gasteiger partial charge >= 0.3 is 0 Å². The number of nitrogens with zero attached hydrogens (tertiary/aromatic N) is 4. The number of phenols is 1. The van der Waals surface area contributed by atoms with E-state index < -0.39 is 0 Å². The first-order valence-corrected chi connectivity index (χ1v) is 24.4. The van der Waals surface area contributed by atoms with Crippen molar-refractivity contribution in [2.24, 2.45) is 0 Å². The van der Waals surface area contributed by atoms with Crippen molar-refractivity contribution < 1.29 is 13.9 Å². The zero-order valence-corrected chi connectivity index (χ0v) is 42.3. The van der Waals surface area contributed by atoms with Gasteiger partial charge in [-0.05, 0) is 98.5 Å². The fourth-order valence-corrected chi connectivity index (χ4v) is 9.92. The first kappa shape index (κ1) is 45.0. The smallest absolute Gasteiger partial charge is 0.200 e. The number of phenolic OH excluding ortho intramolecular Hbond substituents is 1. The molecule has 0 saturated heterocycles. The predicted molar refractivity (Wildman–Crippen MR) is 289 cm³/mol. The molecule has 7 nitrogen and oxygen atoms in total. The Morgan fingerprint density at radius 1 is 0.486 bits per heavy atom. The van der Waals surface area contributed by atoms with Crippen LogP contribution in [0, 0.1) is 0 Å². The van der Waals surface area contributed by atoms with E-state index in [1.54, 1.807) is 0 Å². The Labute approximate surface area is 409 Å². The monoisotopic (exact) mass is 920 g/mol. The highest BCUT2D eigenvalue weighted by molar-refractivity contribution is 6.17. The zero-order chi connectivity index (χ0) is 49.2. The van der Waals surface area contributed by atoms with E-state index in [9.17, 15) is 5.11 Å². The molecule has 0 spiro atoms. The molecular formula is C63H60N4O3. The van der Waals surface area contributed by atoms with Crippen molar-refractivity contribution in [3.63, 3.8) is 0 Å². The Balaban J connectivity index is 1.17. The summed E-state index contributed by atoms with van der Waals surface area (Å²) in [5, 5.41) is 16.5. The summed E-state index contributed by atoms with van der Waals surface area (Å²) in [5.41, 5.74) is 14.7. The van der Waals surface area contributed by atoms with E-state index in [1.165, 1.54) is 0 Å². The number of pyridine rings is 1. The molecule has 11 rings (SSSR count). The summed E-state index contributed by atoms with van der Waals surface area (Å²) in [6, 6.07) is 47.0. The lowest BCUT2D eigenvalue weighted by Gasteiger charge is -2.27. The van der Waals surface area contributed by atoms with Gasteiger partial charge in [-0.25, -0.2) is 9.97 Å². The number of rotatable bonds is 5. The van der Waals surface area contributed by atoms with Crippen LogP contribution in [-0.2, 0) is 21.7 Å². The average molecular weight is 921 g/mol. The van der Waals surface area contributed by atoms with E-state index in [0.29, 0.717) is 17.3 Å². The molecule has 0 aliphatic heterocycles. The van der Waals surface area contributed by atoms with E-state index in [0.717, 1.165) is 111 Å². The normalized spacial score (nSPS) is 12.9. The lowest BCUT2D eigenvalue weighted by Crippen LogP contribution is -2.17. The molecule has 350 valence electrons. The molecule has 0 amide bonds. The number of aromatic hydroxyl groups is 1. The number of aromatic nitrogens is 4. The minimum Gasteiger partial charge on any atom is -0.507 e. The third-order valence-electron chi connectivity index (χ3n) is 13.8. The molecule has 0 fully saturated rings. The molecular weight excluding hydrogens is 861 g/mol. The zero-order valence-electron chi connectivity index (χ0n) is 42.3. The molecule has 0 radical (unpaired) electrons. The first-order valence-electron chi connectivity index (χ1n) is 24.4. The van der Waals surface area contributed by atoms with Crippen molar-refractivity contribution in [3.05, 3.63) is 162 Å². The molecule has 0 unspecified atom stereocenters. The predicted octanol–water partition coefficient (Wildman–Crippen LogP) is 17.2. The van der Waals surface area contributed by atoms with Gasteiger partial charge in [0, 0.05) is 44.6 Å². The summed E-state index contributed by atoms with van der Waals surface area (Å²) < 4.78 is 15.2. The van der Waals surface area contributed by atoms with Gasteiger partial charge in [-0.2, -0.15) is 0 Å². The lowest BCUT2D eigenvalue weighted by atomic mass is 9.79. The van der Waals surface area contributed by atoms with Gasteiger partial charge in [0.15, 0.2) is 5.58 Å². The van der Waals surface area contributed by atoms with Gasteiger partial charge in [0.1, 0.15) is 28.3 Å². The maximum Gasteiger partial charge on any atom is 0.200 e. The summed E-state index contributed by atoms with van der Waals surface area (Å²) in [7, 11) is 0. The highest BCUT2D eigenvalue weighted by atomic mass is 16.4. The second kappa shape index (κ2) is 15.8. The summed E-state index contributed by atoms with van der Waals surface area (Å²) in [6.45, 7) is 26.3. The fourth-order valence-electron chi connectivity index (χ4n) is 9.92. The van der Waals surface area contributed by atoms with Gasteiger partial charge in [0.05, 0.1) is 33.4 Å². The van der Waals surface area contributed by atoms with E-state index in [-0.39, 0.29) is 27.4 Å². The van der Waals surface area contributed by atoms with E-state index >= 15 is 0 Å². The second-order valence-electron chi connectivity index (χ2n) is 23.2. The standard InChI is InChI=1S/C63H60N4O3/c1-60(2,3)40-30-38(29-39(31-40)54-53-45-32-37-25-26-51-56(66-59(70-51)63(10,11)12)44(37)35-52(45)69-50(53)27-28-64-54)43-22-18-24-49-55(43)65-58(46-33-41(61(4,5)6)34-47(57(46)68)62(7,8)9)67(49)48-23-17-16-21-42(48)36-19-14-13-15-20-36/h13-35,68H,1-12H3. The Hall–Kier alpha value is -7.51. The van der Waals surface area contributed by atoms with Crippen molar-refractivity contribution in [1.29, 1.82) is 0 Å². The van der Waals surface area contributed by atoms with E-state index in [1.807, 2.05) is 24.4 Å². The van der Waals surface area contributed by atoms with Crippen LogP contribution in [0.25, 0.3) is 105 Å². The third-order valence-corrected chi connectivity index (χ3v) is 13.8. The van der Waals surface area contributed by atoms with Crippen molar-refractivity contribution in [2.75, 3.05) is 0 Å². The molecule has 0 aliphatic rings. The van der Waals surface area contributed by atoms with Crippen molar-refractivity contribution in [1.82, 2.24) is 19.5 Å². The molecule has 0 atom stereocenters. The number of furan rings is 1. The van der Waals surface area contributed by atoms with Crippen LogP contribution < -0.4 is 0 Å². The van der Waals surface area contributed by atoms with Crippen LogP contribution >= 0.6 is 0 Å². The molecule has 4 aromatic heterocycles. The highest BCUT2D eigenvalue weighted by Gasteiger charge is 2.30. The quantitative estimate of drug-likeness (QED) is 0.185. The SMILES string of the molecule is CC(C)(C)c1cc(-c2cccc3c2nc(-c2cc(C(C)(C)C)cc(C(C)(C)C)c2O)n3-c2ccccc2-c2ccccc2)cc(-c2nccc3oc4cc5c(ccc6oc(C(C)(C)C)nc65)cc4c23)c1. The minimum absolute atomic E-state index is 0.194. The molecule has 11 aromatic rings. The summed E-state index contributed by atoms with van der Waals surface area (Å²) in [6.07, 6.45) is 1.84. The van der Waals surface area contributed by atoms with Gasteiger partial charge in [0.25, 0.3) is 0 Å². The minimum atomic E-state index is -0.335. The van der Waals surface area contributed by atoms with Crippen LogP contribution in [0.5, 0.6) is 5.75 Å². The fraction of sp³-hybridized carbons (Fsp3) is 0.254. The van der Waals surface area contributed by atoms with Crippen LogP contribution in [0.4, 0.5) is 0 Å². The third kappa shape index (κ3) is 7.54. The number of para-hydroxylation sites is 2. The Morgan fingerprint density at radius 2 is 1.19 bits per heavy atom. The van der Waals surface area contributed by atoms with Gasteiger partial charge in [0.2, 0.25) is 5.89 Å². The molecule has 7 aromatic carbocycles. The van der Waals surface area contributed by atoms with Gasteiger partial charge in [-0.3, -0.25) is 9.55 Å². The number of oxazole rings is 1. The van der Waals surface area contributed by atoms with Crippen LogP contribution in [0.3, 0.4) is 0 Å². The van der Waals surface area contributed by atoms with Crippen molar-refractivity contribution in [2.45, 2.75) is 105 Å². The number of fused-ring (bicyclic) bond motifs is 7. The largest absolute Gasteiger partial charge is 0.507 e. The number of benzene rings is 7. The Kier molecular flexibility index (Phi) is 10.1. The van der Waals surface area contributed by atoms with E-state index in [4.69, 9.17) is 23.8 Å². The van der Waals surface area contributed by atoms with Crippen LogP contribution in [0.2, 0.25) is 0 Å². The molecule has 0 bridgehead atoms. The molecule has 70 heavy (non-hydrogen) atoms. The molecule has 0 aliphatic carbocycles. The maximum atomic E-state index is 12.5. The summed E-state index contributed by atoms with van der Waals surface area (Å²) >= 11 is 0. The topological polar surface area (TPSA) is 90.1 Å². The number of imidazole rings is 1. The van der Waals surface area contributed by atoms with Crippen LogP contribution in [0.15, 0.2) is 148 Å². The molecule has 7 heteroatoms. The second-order valence-corrected chi connectivity index (χ2v) is 23.2. The summed E-state index contributed by atoms with van der Waals surface area (Å²) in [4.78, 5) is 15.8. The van der Waals surface area contributed by atoms with Gasteiger partial charge < -0.3 is 13.9 Å². The maximum absolute atomic E-state index is 12.5. The Morgan fingerprint density at radius 3 is 1.91 bits per heavy atom. The van der Waals surface area contributed by atoms with Crippen molar-refractivity contribution in [3.8, 4) is 56.3 Å². The van der Waals surface area contributed by atoms with E-state index in [2.05, 4.69) is 203 Å². The molecule has 1 N–H and O–H groups in total. The highest BCUT2D eigenvalue weighted by Crippen LogP contribution is 2.47. The van der Waals surface area contributed by atoms with Crippen molar-refractivity contribution >= 4 is 54.8 Å². The van der Waals surface area contributed by atoms with Gasteiger partial charge in [-0.1, -0.05) is 162 Å². The number of hydrogen-bond donors (Lipinski definition) is 1. The van der Waals surface area contributed by atoms with Crippen LogP contribution in [0.1, 0.15) is 106 Å². The Bertz CT molecular complexity index is 3880. The van der Waals surface area contributed by atoms with Crippen LogP contribution in [-0.4, -0.2) is 24.6 Å².